The summed E-state index contributed by atoms with van der Waals surface area (Å²) in [5, 5.41) is 11.5. The van der Waals surface area contributed by atoms with Gasteiger partial charge in [0.15, 0.2) is 0 Å². The number of hydrogen-bond donors (Lipinski definition) is 2. The Morgan fingerprint density at radius 2 is 1.75 bits per heavy atom. The maximum absolute atomic E-state index is 12.1. The highest BCUT2D eigenvalue weighted by atomic mass is 16.4. The standard InChI is InChI=1S/C16H21NO3/c1-11(16(2,3)4)17-15(20)13-8-5-12(6-9-13)7-10-14(18)19/h5-11H,1-4H3,(H,17,20)(H,18,19)/b10-7+. The van der Waals surface area contributed by atoms with Gasteiger partial charge in [0, 0.05) is 17.7 Å². The van der Waals surface area contributed by atoms with Crippen LogP contribution in [-0.4, -0.2) is 23.0 Å². The van der Waals surface area contributed by atoms with Crippen LogP contribution in [0.5, 0.6) is 0 Å². The number of carboxylic acids is 1. The average molecular weight is 275 g/mol. The van der Waals surface area contributed by atoms with Gasteiger partial charge in [0.1, 0.15) is 0 Å². The van der Waals surface area contributed by atoms with Gasteiger partial charge in [-0.15, -0.1) is 0 Å². The maximum atomic E-state index is 12.1. The molecule has 108 valence electrons. The molecular weight excluding hydrogens is 254 g/mol. The second-order valence-corrected chi connectivity index (χ2v) is 5.85. The normalized spacial score (nSPS) is 13.2. The summed E-state index contributed by atoms with van der Waals surface area (Å²) >= 11 is 0. The quantitative estimate of drug-likeness (QED) is 0.830. The van der Waals surface area contributed by atoms with Crippen LogP contribution in [0.15, 0.2) is 30.3 Å². The van der Waals surface area contributed by atoms with Gasteiger partial charge in [-0.1, -0.05) is 32.9 Å². The van der Waals surface area contributed by atoms with Crippen molar-refractivity contribution in [1.29, 1.82) is 0 Å². The Morgan fingerprint density at radius 3 is 2.20 bits per heavy atom. The van der Waals surface area contributed by atoms with Crippen LogP contribution in [-0.2, 0) is 4.79 Å². The number of carboxylic acid groups (broad SMARTS) is 1. The highest BCUT2D eigenvalue weighted by molar-refractivity contribution is 5.94. The lowest BCUT2D eigenvalue weighted by Gasteiger charge is -2.28. The molecule has 0 aliphatic carbocycles. The molecule has 1 unspecified atom stereocenters. The van der Waals surface area contributed by atoms with Crippen molar-refractivity contribution in [2.45, 2.75) is 33.7 Å². The van der Waals surface area contributed by atoms with Crippen LogP contribution < -0.4 is 5.32 Å². The van der Waals surface area contributed by atoms with Crippen molar-refractivity contribution in [2.24, 2.45) is 5.41 Å². The molecular formula is C16H21NO3. The van der Waals surface area contributed by atoms with E-state index in [0.29, 0.717) is 5.56 Å². The molecule has 1 aromatic rings. The van der Waals surface area contributed by atoms with Crippen LogP contribution in [0.1, 0.15) is 43.6 Å². The first-order valence-corrected chi connectivity index (χ1v) is 6.52. The summed E-state index contributed by atoms with van der Waals surface area (Å²) in [5.74, 6) is -1.12. The SMILES string of the molecule is CC(NC(=O)c1ccc(/C=C/C(=O)O)cc1)C(C)(C)C. The van der Waals surface area contributed by atoms with E-state index in [1.807, 2.05) is 6.92 Å². The second kappa shape index (κ2) is 6.37. The number of amides is 1. The number of carbonyl (C=O) groups excluding carboxylic acids is 1. The molecule has 20 heavy (non-hydrogen) atoms. The number of rotatable bonds is 4. The van der Waals surface area contributed by atoms with E-state index in [0.717, 1.165) is 11.6 Å². The summed E-state index contributed by atoms with van der Waals surface area (Å²) in [6, 6.07) is 6.87. The first-order chi connectivity index (χ1) is 9.20. The van der Waals surface area contributed by atoms with E-state index in [-0.39, 0.29) is 17.4 Å². The molecule has 4 nitrogen and oxygen atoms in total. The second-order valence-electron chi connectivity index (χ2n) is 5.85. The van der Waals surface area contributed by atoms with Crippen molar-refractivity contribution in [3.05, 3.63) is 41.5 Å². The highest BCUT2D eigenvalue weighted by Gasteiger charge is 2.21. The van der Waals surface area contributed by atoms with Gasteiger partial charge in [-0.25, -0.2) is 4.79 Å². The lowest BCUT2D eigenvalue weighted by molar-refractivity contribution is -0.131. The summed E-state index contributed by atoms with van der Waals surface area (Å²) in [5.41, 5.74) is 1.31. The summed E-state index contributed by atoms with van der Waals surface area (Å²) in [6.45, 7) is 8.18. The number of aliphatic carboxylic acids is 1. The van der Waals surface area contributed by atoms with E-state index in [9.17, 15) is 9.59 Å². The monoisotopic (exact) mass is 275 g/mol. The van der Waals surface area contributed by atoms with Crippen molar-refractivity contribution in [3.63, 3.8) is 0 Å². The topological polar surface area (TPSA) is 66.4 Å². The minimum absolute atomic E-state index is 0.000173. The Labute approximate surface area is 119 Å². The van der Waals surface area contributed by atoms with Crippen molar-refractivity contribution >= 4 is 18.0 Å². The number of benzene rings is 1. The van der Waals surface area contributed by atoms with Crippen LogP contribution >= 0.6 is 0 Å². The van der Waals surface area contributed by atoms with Gasteiger partial charge in [-0.2, -0.15) is 0 Å². The third kappa shape index (κ3) is 4.88. The van der Waals surface area contributed by atoms with Gasteiger partial charge in [-0.3, -0.25) is 4.79 Å². The molecule has 2 N–H and O–H groups in total. The average Bonchev–Trinajstić information content (AvgIpc) is 2.35. The predicted octanol–water partition coefficient (Wildman–Crippen LogP) is 2.95. The molecule has 0 aromatic heterocycles. The van der Waals surface area contributed by atoms with Gasteiger partial charge in [0.25, 0.3) is 5.91 Å². The lowest BCUT2D eigenvalue weighted by atomic mass is 9.88. The molecule has 0 fully saturated rings. The zero-order valence-electron chi connectivity index (χ0n) is 12.3. The van der Waals surface area contributed by atoms with E-state index in [4.69, 9.17) is 5.11 Å². The third-order valence-electron chi connectivity index (χ3n) is 3.24. The fourth-order valence-corrected chi connectivity index (χ4v) is 1.41. The van der Waals surface area contributed by atoms with Gasteiger partial charge in [0.2, 0.25) is 0 Å². The van der Waals surface area contributed by atoms with E-state index in [1.165, 1.54) is 6.08 Å². The van der Waals surface area contributed by atoms with Gasteiger partial charge >= 0.3 is 5.97 Å². The zero-order valence-corrected chi connectivity index (χ0v) is 12.3. The first-order valence-electron chi connectivity index (χ1n) is 6.52. The largest absolute Gasteiger partial charge is 0.478 e. The Hall–Kier alpha value is -2.10. The highest BCUT2D eigenvalue weighted by Crippen LogP contribution is 2.19. The first kappa shape index (κ1) is 16.0. The lowest BCUT2D eigenvalue weighted by Crippen LogP contribution is -2.41. The molecule has 0 saturated heterocycles. The molecule has 0 radical (unpaired) electrons. The molecule has 0 aliphatic rings. The minimum Gasteiger partial charge on any atom is -0.478 e. The Morgan fingerprint density at radius 1 is 1.20 bits per heavy atom. The van der Waals surface area contributed by atoms with Crippen molar-refractivity contribution in [2.75, 3.05) is 0 Å². The van der Waals surface area contributed by atoms with Crippen molar-refractivity contribution in [3.8, 4) is 0 Å². The van der Waals surface area contributed by atoms with E-state index in [2.05, 4.69) is 26.1 Å². The van der Waals surface area contributed by atoms with E-state index >= 15 is 0 Å². The molecule has 0 heterocycles. The van der Waals surface area contributed by atoms with E-state index < -0.39 is 5.97 Å². The molecule has 0 saturated carbocycles. The number of nitrogens with one attached hydrogen (secondary N) is 1. The maximum Gasteiger partial charge on any atom is 0.328 e. The molecule has 1 aromatic carbocycles. The molecule has 4 heteroatoms. The van der Waals surface area contributed by atoms with E-state index in [1.54, 1.807) is 24.3 Å². The Balaban J connectivity index is 2.74. The fraction of sp³-hybridized carbons (Fsp3) is 0.375. The summed E-state index contributed by atoms with van der Waals surface area (Å²) in [4.78, 5) is 22.5. The molecule has 1 amide bonds. The Bertz CT molecular complexity index is 510. The third-order valence-corrected chi connectivity index (χ3v) is 3.24. The van der Waals surface area contributed by atoms with Crippen LogP contribution in [0, 0.1) is 5.41 Å². The van der Waals surface area contributed by atoms with Gasteiger partial charge in [0.05, 0.1) is 0 Å². The molecule has 1 rings (SSSR count). The smallest absolute Gasteiger partial charge is 0.328 e. The molecule has 0 aliphatic heterocycles. The number of carbonyl (C=O) groups is 2. The molecule has 0 spiro atoms. The Kier molecular flexibility index (Phi) is 5.08. The molecule has 0 bridgehead atoms. The summed E-state index contributed by atoms with van der Waals surface area (Å²) in [7, 11) is 0. The van der Waals surface area contributed by atoms with Crippen LogP contribution in [0.2, 0.25) is 0 Å². The van der Waals surface area contributed by atoms with Crippen LogP contribution in [0.25, 0.3) is 6.08 Å². The summed E-state index contributed by atoms with van der Waals surface area (Å²) in [6.07, 6.45) is 2.55. The zero-order chi connectivity index (χ0) is 15.3. The van der Waals surface area contributed by atoms with Crippen molar-refractivity contribution in [1.82, 2.24) is 5.32 Å². The predicted molar refractivity (Wildman–Crippen MR) is 79.5 cm³/mol. The number of hydrogen-bond acceptors (Lipinski definition) is 2. The summed E-state index contributed by atoms with van der Waals surface area (Å²) < 4.78 is 0. The van der Waals surface area contributed by atoms with Crippen LogP contribution in [0.4, 0.5) is 0 Å². The van der Waals surface area contributed by atoms with Crippen molar-refractivity contribution < 1.29 is 14.7 Å². The van der Waals surface area contributed by atoms with Gasteiger partial charge < -0.3 is 10.4 Å². The molecule has 1 atom stereocenters. The minimum atomic E-state index is -0.995. The van der Waals surface area contributed by atoms with Gasteiger partial charge in [-0.05, 0) is 36.1 Å². The fourth-order valence-electron chi connectivity index (χ4n) is 1.41. The van der Waals surface area contributed by atoms with Crippen LogP contribution in [0.3, 0.4) is 0 Å².